The predicted octanol–water partition coefficient (Wildman–Crippen LogP) is 2.93. The molecule has 0 heterocycles. The summed E-state index contributed by atoms with van der Waals surface area (Å²) in [6, 6.07) is 10.8. The van der Waals surface area contributed by atoms with Crippen molar-refractivity contribution in [3.05, 3.63) is 42.5 Å². The quantitative estimate of drug-likeness (QED) is 0.789. The molecule has 0 fully saturated rings. The van der Waals surface area contributed by atoms with Crippen molar-refractivity contribution in [3.63, 3.8) is 0 Å². The largest absolute Gasteiger partial charge is 0.501 e. The Morgan fingerprint density at radius 2 is 1.76 bits per heavy atom. The Morgan fingerprint density at radius 3 is 2.41 bits per heavy atom. The lowest BCUT2D eigenvalue weighted by molar-refractivity contribution is -0.0435. The lowest BCUT2D eigenvalue weighted by atomic mass is 10.1. The van der Waals surface area contributed by atoms with Crippen molar-refractivity contribution in [2.24, 2.45) is 0 Å². The Kier molecular flexibility index (Phi) is 2.61. The molecule has 0 saturated carbocycles. The molecular formula is C11H6F3O2S. The molecule has 1 radical (unpaired) electrons. The molecule has 2 aromatic carbocycles. The van der Waals surface area contributed by atoms with Crippen molar-refractivity contribution in [3.8, 4) is 0 Å². The zero-order valence-electron chi connectivity index (χ0n) is 8.32. The second-order valence-electron chi connectivity index (χ2n) is 3.37. The number of rotatable bonds is 1. The van der Waals surface area contributed by atoms with Gasteiger partial charge in [0.1, 0.15) is 0 Å². The zero-order valence-corrected chi connectivity index (χ0v) is 9.14. The molecule has 6 heteroatoms. The molecule has 0 N–H and O–H groups in total. The van der Waals surface area contributed by atoms with E-state index in [1.807, 2.05) is 0 Å². The maximum Gasteiger partial charge on any atom is 0.501 e. The average molecular weight is 259 g/mol. The van der Waals surface area contributed by atoms with E-state index < -0.39 is 20.2 Å². The van der Waals surface area contributed by atoms with Crippen LogP contribution < -0.4 is 0 Å². The molecule has 0 unspecified atom stereocenters. The number of hydrogen-bond acceptors (Lipinski definition) is 2. The van der Waals surface area contributed by atoms with Gasteiger partial charge in [-0.05, 0) is 29.0 Å². The summed E-state index contributed by atoms with van der Waals surface area (Å²) in [6.45, 7) is 0. The van der Waals surface area contributed by atoms with Crippen molar-refractivity contribution in [1.82, 2.24) is 0 Å². The van der Waals surface area contributed by atoms with E-state index in [0.717, 1.165) is 12.1 Å². The first kappa shape index (κ1) is 11.9. The summed E-state index contributed by atoms with van der Waals surface area (Å²) in [5, 5.41) is 0.964. The smallest absolute Gasteiger partial charge is 0.214 e. The molecule has 0 aliphatic heterocycles. The molecule has 0 saturated heterocycles. The standard InChI is InChI=1S/C11H6F3O2S/c12-11(13,14)17(15,16)10-6-5-8-3-1-2-4-9(8)7-10/h1-4,6-7H. The Morgan fingerprint density at radius 1 is 1.12 bits per heavy atom. The minimum absolute atomic E-state index is 0.401. The zero-order chi connectivity index (χ0) is 12.7. The third-order valence-electron chi connectivity index (χ3n) is 2.24. The molecule has 0 amide bonds. The van der Waals surface area contributed by atoms with Gasteiger partial charge in [0.25, 0.3) is 9.84 Å². The topological polar surface area (TPSA) is 34.1 Å². The van der Waals surface area contributed by atoms with Crippen molar-refractivity contribution < 1.29 is 21.6 Å². The first-order chi connectivity index (χ1) is 7.82. The van der Waals surface area contributed by atoms with Crippen molar-refractivity contribution in [1.29, 1.82) is 0 Å². The number of halogens is 3. The van der Waals surface area contributed by atoms with Gasteiger partial charge in [-0.3, -0.25) is 0 Å². The molecule has 0 aliphatic rings. The van der Waals surface area contributed by atoms with Gasteiger partial charge in [-0.25, -0.2) is 8.42 Å². The van der Waals surface area contributed by atoms with E-state index in [0.29, 0.717) is 10.8 Å². The number of sulfone groups is 1. The molecule has 89 valence electrons. The van der Waals surface area contributed by atoms with Crippen LogP contribution in [0.4, 0.5) is 13.2 Å². The predicted molar refractivity (Wildman–Crippen MR) is 56.0 cm³/mol. The van der Waals surface area contributed by atoms with E-state index in [1.165, 1.54) is 6.07 Å². The molecule has 2 aromatic rings. The van der Waals surface area contributed by atoms with Crippen LogP contribution in [0.25, 0.3) is 10.8 Å². The molecule has 0 bridgehead atoms. The summed E-state index contributed by atoms with van der Waals surface area (Å²) in [6.07, 6.45) is 0. The van der Waals surface area contributed by atoms with Gasteiger partial charge in [0.15, 0.2) is 0 Å². The van der Waals surface area contributed by atoms with Crippen LogP contribution in [-0.2, 0) is 9.84 Å². The lowest BCUT2D eigenvalue weighted by Crippen LogP contribution is -2.23. The maximum atomic E-state index is 12.3. The monoisotopic (exact) mass is 259 g/mol. The number of hydrogen-bond donors (Lipinski definition) is 0. The Bertz CT molecular complexity index is 660. The minimum Gasteiger partial charge on any atom is -0.214 e. The lowest BCUT2D eigenvalue weighted by Gasteiger charge is -2.08. The fourth-order valence-electron chi connectivity index (χ4n) is 1.39. The van der Waals surface area contributed by atoms with E-state index in [-0.39, 0.29) is 0 Å². The van der Waals surface area contributed by atoms with Gasteiger partial charge in [-0.2, -0.15) is 13.2 Å². The summed E-state index contributed by atoms with van der Waals surface area (Å²) in [7, 11) is -5.30. The molecule has 0 aromatic heterocycles. The van der Waals surface area contributed by atoms with Gasteiger partial charge in [0, 0.05) is 0 Å². The van der Waals surface area contributed by atoms with Gasteiger partial charge in [0.2, 0.25) is 0 Å². The van der Waals surface area contributed by atoms with Gasteiger partial charge < -0.3 is 0 Å². The van der Waals surface area contributed by atoms with Crippen LogP contribution in [-0.4, -0.2) is 13.9 Å². The Balaban J connectivity index is 2.66. The van der Waals surface area contributed by atoms with Gasteiger partial charge in [-0.15, -0.1) is 0 Å². The molecule has 2 nitrogen and oxygen atoms in total. The van der Waals surface area contributed by atoms with E-state index in [4.69, 9.17) is 0 Å². The van der Waals surface area contributed by atoms with E-state index in [2.05, 4.69) is 6.07 Å². The van der Waals surface area contributed by atoms with Gasteiger partial charge in [-0.1, -0.05) is 24.3 Å². The van der Waals surface area contributed by atoms with E-state index in [1.54, 1.807) is 18.2 Å². The highest BCUT2D eigenvalue weighted by Gasteiger charge is 2.46. The van der Waals surface area contributed by atoms with Gasteiger partial charge >= 0.3 is 5.51 Å². The van der Waals surface area contributed by atoms with Crippen LogP contribution in [0.5, 0.6) is 0 Å². The molecule has 2 rings (SSSR count). The van der Waals surface area contributed by atoms with Crippen LogP contribution in [0.2, 0.25) is 0 Å². The highest BCUT2D eigenvalue weighted by atomic mass is 32.2. The normalized spacial score (nSPS) is 12.9. The van der Waals surface area contributed by atoms with Crippen LogP contribution in [0.15, 0.2) is 41.3 Å². The van der Waals surface area contributed by atoms with Crippen LogP contribution in [0.1, 0.15) is 0 Å². The average Bonchev–Trinajstić information content (AvgIpc) is 2.27. The third kappa shape index (κ3) is 2.00. The summed E-state index contributed by atoms with van der Waals surface area (Å²) < 4.78 is 59.3. The first-order valence-electron chi connectivity index (χ1n) is 4.54. The minimum atomic E-state index is -5.30. The number of alkyl halides is 3. The molecule has 0 spiro atoms. The second kappa shape index (κ2) is 3.73. The second-order valence-corrected chi connectivity index (χ2v) is 5.31. The summed E-state index contributed by atoms with van der Waals surface area (Å²) in [4.78, 5) is -0.788. The van der Waals surface area contributed by atoms with E-state index in [9.17, 15) is 21.6 Å². The number of benzene rings is 2. The first-order valence-corrected chi connectivity index (χ1v) is 6.02. The van der Waals surface area contributed by atoms with Crippen molar-refractivity contribution in [2.75, 3.05) is 0 Å². The molecule has 0 aliphatic carbocycles. The van der Waals surface area contributed by atoms with E-state index >= 15 is 0 Å². The summed E-state index contributed by atoms with van der Waals surface area (Å²) >= 11 is 0. The molecule has 17 heavy (non-hydrogen) atoms. The number of fused-ring (bicyclic) bond motifs is 1. The Labute approximate surface area is 95.6 Å². The highest BCUT2D eigenvalue weighted by molar-refractivity contribution is 7.92. The van der Waals surface area contributed by atoms with Gasteiger partial charge in [0.05, 0.1) is 4.90 Å². The highest BCUT2D eigenvalue weighted by Crippen LogP contribution is 2.31. The van der Waals surface area contributed by atoms with Crippen LogP contribution in [0, 0.1) is 6.07 Å². The Hall–Kier alpha value is -1.56. The van der Waals surface area contributed by atoms with Crippen LogP contribution >= 0.6 is 0 Å². The fourth-order valence-corrected chi connectivity index (χ4v) is 2.15. The maximum absolute atomic E-state index is 12.3. The third-order valence-corrected chi connectivity index (χ3v) is 3.71. The van der Waals surface area contributed by atoms with Crippen molar-refractivity contribution >= 4 is 20.6 Å². The summed E-state index contributed by atoms with van der Waals surface area (Å²) in [5.41, 5.74) is -5.29. The summed E-state index contributed by atoms with van der Waals surface area (Å²) in [5.74, 6) is 0. The fraction of sp³-hybridized carbons (Fsp3) is 0.0909. The van der Waals surface area contributed by atoms with Crippen LogP contribution in [0.3, 0.4) is 0 Å². The molecule has 0 atom stereocenters. The van der Waals surface area contributed by atoms with Crippen molar-refractivity contribution in [2.45, 2.75) is 10.4 Å². The molecular weight excluding hydrogens is 253 g/mol. The SMILES string of the molecule is O=S(=O)(c1c[c]c2ccccc2c1)C(F)(F)F.